The van der Waals surface area contributed by atoms with Crippen molar-refractivity contribution in [2.24, 2.45) is 11.7 Å². The quantitative estimate of drug-likeness (QED) is 0.807. The first-order chi connectivity index (χ1) is 11.6. The minimum Gasteiger partial charge on any atom is -0.366 e. The average molecular weight is 344 g/mol. The van der Waals surface area contributed by atoms with Gasteiger partial charge in [0.05, 0.1) is 11.2 Å². The summed E-state index contributed by atoms with van der Waals surface area (Å²) in [6.07, 6.45) is 1.22. The Kier molecular flexibility index (Phi) is 5.60. The van der Waals surface area contributed by atoms with Crippen LogP contribution in [0.1, 0.15) is 32.9 Å². The second kappa shape index (κ2) is 7.88. The van der Waals surface area contributed by atoms with Crippen molar-refractivity contribution in [2.75, 3.05) is 19.6 Å². The largest absolute Gasteiger partial charge is 0.366 e. The van der Waals surface area contributed by atoms with Crippen LogP contribution in [0.3, 0.4) is 0 Å². The van der Waals surface area contributed by atoms with E-state index >= 15 is 0 Å². The lowest BCUT2D eigenvalue weighted by molar-refractivity contribution is 0.1000. The van der Waals surface area contributed by atoms with Gasteiger partial charge in [0.1, 0.15) is 0 Å². The molecule has 0 bridgehead atoms. The number of aryl methyl sites for hydroxylation is 1. The van der Waals surface area contributed by atoms with Gasteiger partial charge in [-0.05, 0) is 50.0 Å². The zero-order valence-electron chi connectivity index (χ0n) is 14.0. The summed E-state index contributed by atoms with van der Waals surface area (Å²) in [5, 5.41) is 3.44. The van der Waals surface area contributed by atoms with Crippen LogP contribution in [0.25, 0.3) is 0 Å². The first-order valence-electron chi connectivity index (χ1n) is 8.32. The molecule has 1 aliphatic rings. The van der Waals surface area contributed by atoms with Gasteiger partial charge < -0.3 is 11.1 Å². The van der Waals surface area contributed by atoms with Crippen LogP contribution in [-0.4, -0.2) is 35.4 Å². The molecule has 0 radical (unpaired) electrons. The van der Waals surface area contributed by atoms with Crippen LogP contribution < -0.4 is 11.1 Å². The molecule has 2 heterocycles. The number of primary amides is 1. The van der Waals surface area contributed by atoms with E-state index in [2.05, 4.69) is 28.2 Å². The van der Waals surface area contributed by atoms with Crippen LogP contribution in [0, 0.1) is 12.8 Å². The normalized spacial score (nSPS) is 17.5. The molecule has 1 aromatic heterocycles. The Balaban J connectivity index is 1.74. The van der Waals surface area contributed by atoms with Crippen LogP contribution >= 0.6 is 11.3 Å². The van der Waals surface area contributed by atoms with Gasteiger partial charge in [0.25, 0.3) is 0 Å². The number of hydrogen-bond donors (Lipinski definition) is 2. The molecule has 6 heteroatoms. The van der Waals surface area contributed by atoms with Gasteiger partial charge in [-0.25, -0.2) is 4.98 Å². The molecule has 1 aliphatic heterocycles. The number of amides is 1. The lowest BCUT2D eigenvalue weighted by atomic mass is 10.1. The van der Waals surface area contributed by atoms with Gasteiger partial charge in [-0.15, -0.1) is 11.3 Å². The number of nitrogens with one attached hydrogen (secondary N) is 1. The van der Waals surface area contributed by atoms with Gasteiger partial charge in [-0.3, -0.25) is 9.69 Å². The number of rotatable bonds is 7. The lowest BCUT2D eigenvalue weighted by Gasteiger charge is -2.25. The molecule has 3 rings (SSSR count). The van der Waals surface area contributed by atoms with E-state index in [-0.39, 0.29) is 5.91 Å². The van der Waals surface area contributed by atoms with Crippen LogP contribution in [0.5, 0.6) is 0 Å². The molecule has 0 aliphatic carbocycles. The molecule has 128 valence electrons. The average Bonchev–Trinajstić information content (AvgIpc) is 3.20. The highest BCUT2D eigenvalue weighted by atomic mass is 32.1. The smallest absolute Gasteiger partial charge is 0.248 e. The highest BCUT2D eigenvalue weighted by Gasteiger charge is 2.20. The summed E-state index contributed by atoms with van der Waals surface area (Å²) in [6, 6.07) is 7.64. The van der Waals surface area contributed by atoms with Gasteiger partial charge in [-0.2, -0.15) is 0 Å². The van der Waals surface area contributed by atoms with Crippen molar-refractivity contribution in [3.63, 3.8) is 0 Å². The van der Waals surface area contributed by atoms with Crippen LogP contribution in [0.2, 0.25) is 0 Å². The van der Waals surface area contributed by atoms with Crippen molar-refractivity contribution in [1.29, 1.82) is 0 Å². The van der Waals surface area contributed by atoms with Gasteiger partial charge in [0.15, 0.2) is 0 Å². The number of hydrogen-bond acceptors (Lipinski definition) is 5. The summed E-state index contributed by atoms with van der Waals surface area (Å²) in [5.74, 6) is 0.305. The zero-order valence-corrected chi connectivity index (χ0v) is 14.8. The molecular weight excluding hydrogens is 320 g/mol. The van der Waals surface area contributed by atoms with E-state index in [9.17, 15) is 4.79 Å². The number of aromatic nitrogens is 1. The van der Waals surface area contributed by atoms with Gasteiger partial charge >= 0.3 is 0 Å². The van der Waals surface area contributed by atoms with Crippen molar-refractivity contribution in [3.05, 3.63) is 51.5 Å². The number of benzene rings is 1. The van der Waals surface area contributed by atoms with Crippen molar-refractivity contribution in [3.8, 4) is 0 Å². The first-order valence-corrected chi connectivity index (χ1v) is 9.20. The minimum absolute atomic E-state index is 0.373. The molecule has 1 saturated heterocycles. The molecule has 5 nitrogen and oxygen atoms in total. The molecule has 1 unspecified atom stereocenters. The molecule has 1 aromatic carbocycles. The zero-order chi connectivity index (χ0) is 16.9. The molecule has 0 saturated carbocycles. The molecule has 1 amide bonds. The van der Waals surface area contributed by atoms with E-state index in [4.69, 9.17) is 5.73 Å². The third kappa shape index (κ3) is 4.41. The van der Waals surface area contributed by atoms with Gasteiger partial charge in [-0.1, -0.05) is 12.1 Å². The van der Waals surface area contributed by atoms with Crippen molar-refractivity contribution < 1.29 is 4.79 Å². The maximum atomic E-state index is 11.4. The lowest BCUT2D eigenvalue weighted by Crippen LogP contribution is -2.30. The fourth-order valence-corrected chi connectivity index (χ4v) is 4.00. The molecule has 1 fully saturated rings. The molecule has 2 aromatic rings. The summed E-state index contributed by atoms with van der Waals surface area (Å²) in [6.45, 7) is 7.01. The number of nitrogens with zero attached hydrogens (tertiary/aromatic N) is 2. The third-order valence-electron chi connectivity index (χ3n) is 4.51. The number of thiazole rings is 1. The summed E-state index contributed by atoms with van der Waals surface area (Å²) >= 11 is 1.71. The van der Waals surface area contributed by atoms with Gasteiger partial charge in [0.2, 0.25) is 5.91 Å². The molecule has 3 N–H and O–H groups in total. The van der Waals surface area contributed by atoms with E-state index in [1.807, 2.05) is 17.6 Å². The number of nitrogens with two attached hydrogens (primary N) is 1. The standard InChI is InChI=1S/C18H24N4OS/c1-13-17(24-12-21-13)11-22(10-15-5-6-20-8-15)9-14-3-2-4-16(7-14)18(19)23/h2-4,7,12,15,20H,5-6,8-11H2,1H3,(H2,19,23). The van der Waals surface area contributed by atoms with E-state index < -0.39 is 0 Å². The van der Waals surface area contributed by atoms with E-state index in [0.717, 1.165) is 44.0 Å². The van der Waals surface area contributed by atoms with E-state index in [1.165, 1.54) is 11.3 Å². The highest BCUT2D eigenvalue weighted by molar-refractivity contribution is 7.09. The number of carbonyl (C=O) groups excluding carboxylic acids is 1. The fraction of sp³-hybridized carbons (Fsp3) is 0.444. The van der Waals surface area contributed by atoms with Crippen LogP contribution in [0.15, 0.2) is 29.8 Å². The Morgan fingerprint density at radius 1 is 1.46 bits per heavy atom. The second-order valence-electron chi connectivity index (χ2n) is 6.45. The van der Waals surface area contributed by atoms with Crippen molar-refractivity contribution >= 4 is 17.2 Å². The predicted molar refractivity (Wildman–Crippen MR) is 96.9 cm³/mol. The first kappa shape index (κ1) is 17.1. The summed E-state index contributed by atoms with van der Waals surface area (Å²) in [4.78, 5) is 19.5. The van der Waals surface area contributed by atoms with Crippen LogP contribution in [-0.2, 0) is 13.1 Å². The monoisotopic (exact) mass is 344 g/mol. The third-order valence-corrected chi connectivity index (χ3v) is 5.43. The molecule has 24 heavy (non-hydrogen) atoms. The number of carbonyl (C=O) groups is 1. The fourth-order valence-electron chi connectivity index (χ4n) is 3.18. The topological polar surface area (TPSA) is 71.2 Å². The van der Waals surface area contributed by atoms with E-state index in [0.29, 0.717) is 11.5 Å². The molecule has 1 atom stereocenters. The Bertz CT molecular complexity index is 694. The Labute approximate surface area is 146 Å². The van der Waals surface area contributed by atoms with Gasteiger partial charge in [0, 0.05) is 30.1 Å². The Hall–Kier alpha value is -1.76. The molecule has 0 spiro atoms. The summed E-state index contributed by atoms with van der Waals surface area (Å²) < 4.78 is 0. The summed E-state index contributed by atoms with van der Waals surface area (Å²) in [7, 11) is 0. The maximum absolute atomic E-state index is 11.4. The predicted octanol–water partition coefficient (Wildman–Crippen LogP) is 2.16. The van der Waals surface area contributed by atoms with Crippen molar-refractivity contribution in [2.45, 2.75) is 26.4 Å². The van der Waals surface area contributed by atoms with Crippen LogP contribution in [0.4, 0.5) is 0 Å². The molecular formula is C18H24N4OS. The highest BCUT2D eigenvalue weighted by Crippen LogP contribution is 2.20. The summed E-state index contributed by atoms with van der Waals surface area (Å²) in [5.41, 5.74) is 10.1. The Morgan fingerprint density at radius 2 is 2.33 bits per heavy atom. The van der Waals surface area contributed by atoms with Crippen molar-refractivity contribution in [1.82, 2.24) is 15.2 Å². The Morgan fingerprint density at radius 3 is 3.00 bits per heavy atom. The second-order valence-corrected chi connectivity index (χ2v) is 7.39. The maximum Gasteiger partial charge on any atom is 0.248 e. The van der Waals surface area contributed by atoms with E-state index in [1.54, 1.807) is 17.4 Å². The SMILES string of the molecule is Cc1ncsc1CN(Cc1cccc(C(N)=O)c1)CC1CCNC1. The minimum atomic E-state index is -0.373.